The monoisotopic (exact) mass is 568 g/mol. The third kappa shape index (κ3) is 6.34. The molecule has 1 saturated heterocycles. The smallest absolute Gasteiger partial charge is 0.254 e. The number of carbonyl (C=O) groups excluding carboxylic acids is 2. The summed E-state index contributed by atoms with van der Waals surface area (Å²) in [5.41, 5.74) is 2.12. The van der Waals surface area contributed by atoms with Gasteiger partial charge in [0.1, 0.15) is 5.82 Å². The highest BCUT2D eigenvalue weighted by Crippen LogP contribution is 2.25. The molecule has 2 amide bonds. The molecular formula is C30H27F3N2O4S. The summed E-state index contributed by atoms with van der Waals surface area (Å²) in [6.45, 7) is 2.26. The van der Waals surface area contributed by atoms with Crippen molar-refractivity contribution in [3.05, 3.63) is 106 Å². The Balaban J connectivity index is 1.31. The Bertz CT molecular complexity index is 1470. The van der Waals surface area contributed by atoms with Crippen molar-refractivity contribution in [2.24, 2.45) is 0 Å². The lowest BCUT2D eigenvalue weighted by Crippen LogP contribution is -2.41. The molecule has 2 heterocycles. The molecular weight excluding hydrogens is 541 g/mol. The maximum Gasteiger partial charge on any atom is 0.254 e. The van der Waals surface area contributed by atoms with E-state index >= 15 is 4.39 Å². The number of rotatable bonds is 7. The molecule has 2 unspecified atom stereocenters. The first-order valence-corrected chi connectivity index (χ1v) is 14.2. The molecule has 0 spiro atoms. The minimum Gasteiger partial charge on any atom is -0.378 e. The van der Waals surface area contributed by atoms with E-state index in [1.54, 1.807) is 51.6 Å². The Morgan fingerprint density at radius 1 is 0.900 bits per heavy atom. The molecule has 208 valence electrons. The summed E-state index contributed by atoms with van der Waals surface area (Å²) in [5.74, 6) is -2.87. The first kappa shape index (κ1) is 27.8. The largest absolute Gasteiger partial charge is 0.378 e. The number of carbonyl (C=O) groups is 2. The second-order valence-electron chi connectivity index (χ2n) is 9.68. The lowest BCUT2D eigenvalue weighted by molar-refractivity contribution is -0.132. The molecule has 5 rings (SSSR count). The van der Waals surface area contributed by atoms with Gasteiger partial charge in [-0.1, -0.05) is 36.4 Å². The average molecular weight is 569 g/mol. The van der Waals surface area contributed by atoms with Crippen molar-refractivity contribution in [1.82, 2.24) is 9.80 Å². The van der Waals surface area contributed by atoms with Crippen LogP contribution in [0.3, 0.4) is 0 Å². The van der Waals surface area contributed by atoms with Crippen LogP contribution in [0.1, 0.15) is 21.5 Å². The third-order valence-electron chi connectivity index (χ3n) is 7.01. The van der Waals surface area contributed by atoms with Gasteiger partial charge >= 0.3 is 0 Å². The maximum atomic E-state index is 15.0. The number of hydrogen-bond donors (Lipinski definition) is 0. The standard InChI is InChI=1S/C30H27F3N2O4S/c31-26-8-7-23(16-28(26)33)22-5-6-24(27(32)15-22)17-29(36)35(25-9-14-40(38)19-25)18-20-1-3-21(4-2-20)30(37)34-10-12-39-13-11-34/h1-9,14-16,25H,10-13,17-19H2. The predicted octanol–water partition coefficient (Wildman–Crippen LogP) is 4.46. The molecule has 0 aromatic heterocycles. The van der Waals surface area contributed by atoms with E-state index < -0.39 is 34.3 Å². The van der Waals surface area contributed by atoms with Crippen LogP contribution in [0.15, 0.2) is 72.1 Å². The first-order valence-electron chi connectivity index (χ1n) is 12.8. The van der Waals surface area contributed by atoms with Crippen molar-refractivity contribution < 1.29 is 31.7 Å². The Morgan fingerprint density at radius 2 is 1.57 bits per heavy atom. The molecule has 6 nitrogen and oxygen atoms in total. The number of nitrogens with zero attached hydrogens (tertiary/aromatic N) is 2. The molecule has 2 aliphatic heterocycles. The van der Waals surface area contributed by atoms with Crippen molar-refractivity contribution >= 4 is 22.6 Å². The van der Waals surface area contributed by atoms with Crippen LogP contribution in [0.25, 0.3) is 11.1 Å². The molecule has 0 N–H and O–H groups in total. The van der Waals surface area contributed by atoms with Crippen LogP contribution in [-0.4, -0.2) is 63.9 Å². The van der Waals surface area contributed by atoms with E-state index in [9.17, 15) is 22.6 Å². The molecule has 0 radical (unpaired) electrons. The van der Waals surface area contributed by atoms with Gasteiger partial charge in [0.15, 0.2) is 11.6 Å². The second-order valence-corrected chi connectivity index (χ2v) is 11.0. The average Bonchev–Trinajstić information content (AvgIpc) is 3.40. The SMILES string of the molecule is O=C(c1ccc(CN(C(=O)Cc2ccc(-c3ccc(F)c(F)c3)cc2F)C2C=CS(=O)C2)cc1)N1CCOCC1. The summed E-state index contributed by atoms with van der Waals surface area (Å²) in [6.07, 6.45) is 1.47. The lowest BCUT2D eigenvalue weighted by atomic mass is 10.0. The molecule has 1 fully saturated rings. The van der Waals surface area contributed by atoms with Crippen molar-refractivity contribution in [3.8, 4) is 11.1 Å². The van der Waals surface area contributed by atoms with E-state index in [4.69, 9.17) is 4.74 Å². The summed E-state index contributed by atoms with van der Waals surface area (Å²) in [7, 11) is -1.21. The van der Waals surface area contributed by atoms with Crippen molar-refractivity contribution in [2.75, 3.05) is 32.1 Å². The number of morpholine rings is 1. The number of hydrogen-bond acceptors (Lipinski definition) is 4. The molecule has 3 aromatic rings. The summed E-state index contributed by atoms with van der Waals surface area (Å²) in [6, 6.07) is 14.1. The highest BCUT2D eigenvalue weighted by Gasteiger charge is 2.28. The normalized spacial score (nSPS) is 18.6. The van der Waals surface area contributed by atoms with Gasteiger partial charge in [-0.3, -0.25) is 13.8 Å². The van der Waals surface area contributed by atoms with Gasteiger partial charge in [-0.15, -0.1) is 0 Å². The van der Waals surface area contributed by atoms with Gasteiger partial charge in [0.2, 0.25) is 5.91 Å². The van der Waals surface area contributed by atoms with E-state index in [-0.39, 0.29) is 36.1 Å². The zero-order chi connectivity index (χ0) is 28.2. The molecule has 0 bridgehead atoms. The summed E-state index contributed by atoms with van der Waals surface area (Å²) in [5, 5.41) is 1.55. The fraction of sp³-hybridized carbons (Fsp3) is 0.267. The van der Waals surface area contributed by atoms with E-state index in [0.29, 0.717) is 43.0 Å². The summed E-state index contributed by atoms with van der Waals surface area (Å²) < 4.78 is 59.3. The van der Waals surface area contributed by atoms with E-state index in [2.05, 4.69) is 0 Å². The topological polar surface area (TPSA) is 66.9 Å². The summed E-state index contributed by atoms with van der Waals surface area (Å²) in [4.78, 5) is 29.5. The van der Waals surface area contributed by atoms with Crippen molar-refractivity contribution in [2.45, 2.75) is 19.0 Å². The van der Waals surface area contributed by atoms with Gasteiger partial charge in [-0.25, -0.2) is 13.2 Å². The molecule has 40 heavy (non-hydrogen) atoms. The highest BCUT2D eigenvalue weighted by atomic mass is 32.2. The molecule has 0 aliphatic carbocycles. The Labute approximate surface area is 232 Å². The highest BCUT2D eigenvalue weighted by molar-refractivity contribution is 7.88. The lowest BCUT2D eigenvalue weighted by Gasteiger charge is -2.28. The van der Waals surface area contributed by atoms with Crippen molar-refractivity contribution in [1.29, 1.82) is 0 Å². The molecule has 2 atom stereocenters. The zero-order valence-corrected chi connectivity index (χ0v) is 22.3. The molecule has 0 saturated carbocycles. The van der Waals surface area contributed by atoms with Gasteiger partial charge in [0, 0.05) is 41.4 Å². The number of benzene rings is 3. The quantitative estimate of drug-likeness (QED) is 0.422. The van der Waals surface area contributed by atoms with Crippen LogP contribution in [0.2, 0.25) is 0 Å². The van der Waals surface area contributed by atoms with Gasteiger partial charge in [0.25, 0.3) is 5.91 Å². The van der Waals surface area contributed by atoms with Crippen LogP contribution in [0.5, 0.6) is 0 Å². The van der Waals surface area contributed by atoms with E-state index in [1.165, 1.54) is 18.2 Å². The maximum absolute atomic E-state index is 15.0. The van der Waals surface area contributed by atoms with Crippen LogP contribution < -0.4 is 0 Å². The Hall–Kier alpha value is -3.76. The van der Waals surface area contributed by atoms with Gasteiger partial charge < -0.3 is 14.5 Å². The third-order valence-corrected chi connectivity index (χ3v) is 8.14. The van der Waals surface area contributed by atoms with Crippen LogP contribution >= 0.6 is 0 Å². The van der Waals surface area contributed by atoms with Crippen LogP contribution in [-0.2, 0) is 33.3 Å². The number of ether oxygens (including phenoxy) is 1. The Morgan fingerprint density at radius 3 is 2.20 bits per heavy atom. The Kier molecular flexibility index (Phi) is 8.46. The van der Waals surface area contributed by atoms with Gasteiger partial charge in [-0.2, -0.15) is 0 Å². The second kappa shape index (κ2) is 12.2. The first-order chi connectivity index (χ1) is 19.3. The molecule has 3 aromatic carbocycles. The van der Waals surface area contributed by atoms with Gasteiger partial charge in [-0.05, 0) is 52.6 Å². The van der Waals surface area contributed by atoms with Crippen LogP contribution in [0.4, 0.5) is 13.2 Å². The number of amides is 2. The van der Waals surface area contributed by atoms with Crippen LogP contribution in [0, 0.1) is 17.5 Å². The fourth-order valence-corrected chi connectivity index (χ4v) is 5.85. The van der Waals surface area contributed by atoms with E-state index in [0.717, 1.165) is 17.7 Å². The minimum atomic E-state index is -1.21. The van der Waals surface area contributed by atoms with E-state index in [1.807, 2.05) is 0 Å². The predicted molar refractivity (Wildman–Crippen MR) is 145 cm³/mol. The van der Waals surface area contributed by atoms with Crippen molar-refractivity contribution in [3.63, 3.8) is 0 Å². The minimum absolute atomic E-state index is 0.0841. The number of halogens is 3. The molecule has 10 heteroatoms. The summed E-state index contributed by atoms with van der Waals surface area (Å²) >= 11 is 0. The van der Waals surface area contributed by atoms with Gasteiger partial charge in [0.05, 0.1) is 31.4 Å². The zero-order valence-electron chi connectivity index (χ0n) is 21.5. The fourth-order valence-electron chi connectivity index (χ4n) is 4.75. The molecule has 2 aliphatic rings.